The summed E-state index contributed by atoms with van der Waals surface area (Å²) in [6.07, 6.45) is 0.834. The molecule has 0 radical (unpaired) electrons. The van der Waals surface area contributed by atoms with E-state index in [2.05, 4.69) is 33.0 Å². The molecule has 0 fully saturated rings. The number of halogens is 1. The van der Waals surface area contributed by atoms with Crippen molar-refractivity contribution in [1.29, 1.82) is 0 Å². The molecule has 1 aromatic carbocycles. The number of nitrogens with two attached hydrogens (primary N) is 1. The van der Waals surface area contributed by atoms with Crippen molar-refractivity contribution in [1.82, 2.24) is 4.98 Å². The fourth-order valence-corrected chi connectivity index (χ4v) is 3.14. The van der Waals surface area contributed by atoms with Crippen LogP contribution in [0.1, 0.15) is 16.0 Å². The van der Waals surface area contributed by atoms with Crippen molar-refractivity contribution in [2.45, 2.75) is 13.3 Å². The van der Waals surface area contributed by atoms with Crippen LogP contribution in [-0.4, -0.2) is 12.1 Å². The van der Waals surface area contributed by atoms with Gasteiger partial charge in [0.05, 0.1) is 7.11 Å². The molecule has 90 valence electrons. The van der Waals surface area contributed by atoms with Crippen LogP contribution < -0.4 is 10.5 Å². The van der Waals surface area contributed by atoms with Gasteiger partial charge in [-0.1, -0.05) is 12.1 Å². The van der Waals surface area contributed by atoms with Crippen molar-refractivity contribution in [2.75, 3.05) is 12.8 Å². The molecule has 2 aromatic rings. The zero-order valence-corrected chi connectivity index (χ0v) is 12.1. The molecule has 1 heterocycles. The van der Waals surface area contributed by atoms with Crippen molar-refractivity contribution in [3.8, 4) is 5.75 Å². The Balaban J connectivity index is 2.24. The molecule has 0 atom stereocenters. The van der Waals surface area contributed by atoms with Crippen LogP contribution in [0.5, 0.6) is 5.75 Å². The lowest BCUT2D eigenvalue weighted by atomic mass is 10.1. The molecule has 17 heavy (non-hydrogen) atoms. The molecule has 0 saturated carbocycles. The lowest BCUT2D eigenvalue weighted by Gasteiger charge is -2.06. The number of anilines is 1. The Morgan fingerprint density at radius 3 is 2.76 bits per heavy atom. The Morgan fingerprint density at radius 1 is 1.47 bits per heavy atom. The summed E-state index contributed by atoms with van der Waals surface area (Å²) in [6, 6.07) is 6.18. The zero-order valence-electron chi connectivity index (χ0n) is 9.66. The predicted octanol–water partition coefficient (Wildman–Crippen LogP) is 3.40. The van der Waals surface area contributed by atoms with Crippen molar-refractivity contribution in [2.24, 2.45) is 0 Å². The molecule has 3 nitrogen and oxygen atoms in total. The van der Waals surface area contributed by atoms with Crippen molar-refractivity contribution in [3.63, 3.8) is 0 Å². The SMILES string of the molecule is COc1ccc(Cc2sc(N)nc2Br)cc1C. The zero-order chi connectivity index (χ0) is 12.4. The van der Waals surface area contributed by atoms with E-state index in [-0.39, 0.29) is 0 Å². The maximum absolute atomic E-state index is 5.67. The number of ether oxygens (including phenoxy) is 1. The van der Waals surface area contributed by atoms with Crippen LogP contribution in [-0.2, 0) is 6.42 Å². The Morgan fingerprint density at radius 2 is 2.24 bits per heavy atom. The summed E-state index contributed by atoms with van der Waals surface area (Å²) < 4.78 is 6.08. The fourth-order valence-electron chi connectivity index (χ4n) is 1.70. The number of nitrogens with zero attached hydrogens (tertiary/aromatic N) is 1. The predicted molar refractivity (Wildman–Crippen MR) is 74.8 cm³/mol. The molecule has 1 aromatic heterocycles. The minimum Gasteiger partial charge on any atom is -0.496 e. The van der Waals surface area contributed by atoms with E-state index >= 15 is 0 Å². The monoisotopic (exact) mass is 312 g/mol. The minimum atomic E-state index is 0.595. The van der Waals surface area contributed by atoms with E-state index in [0.717, 1.165) is 27.2 Å². The third-order valence-electron chi connectivity index (χ3n) is 2.49. The van der Waals surface area contributed by atoms with Gasteiger partial charge in [-0.15, -0.1) is 11.3 Å². The van der Waals surface area contributed by atoms with Crippen LogP contribution >= 0.6 is 27.3 Å². The van der Waals surface area contributed by atoms with Crippen LogP contribution in [0.25, 0.3) is 0 Å². The highest BCUT2D eigenvalue weighted by atomic mass is 79.9. The molecule has 2 N–H and O–H groups in total. The lowest BCUT2D eigenvalue weighted by molar-refractivity contribution is 0.411. The largest absolute Gasteiger partial charge is 0.496 e. The maximum Gasteiger partial charge on any atom is 0.181 e. The molecule has 0 saturated heterocycles. The van der Waals surface area contributed by atoms with E-state index in [9.17, 15) is 0 Å². The van der Waals surface area contributed by atoms with Gasteiger partial charge in [-0.2, -0.15) is 0 Å². The van der Waals surface area contributed by atoms with Gasteiger partial charge in [0.25, 0.3) is 0 Å². The Bertz CT molecular complexity index is 539. The van der Waals surface area contributed by atoms with Gasteiger partial charge in [0.2, 0.25) is 0 Å². The second kappa shape index (κ2) is 5.06. The first-order valence-electron chi connectivity index (χ1n) is 5.14. The molecule has 0 aliphatic rings. The number of methoxy groups -OCH3 is 1. The summed E-state index contributed by atoms with van der Waals surface area (Å²) >= 11 is 4.93. The highest BCUT2D eigenvalue weighted by Crippen LogP contribution is 2.28. The van der Waals surface area contributed by atoms with Crippen molar-refractivity contribution >= 4 is 32.4 Å². The van der Waals surface area contributed by atoms with Gasteiger partial charge in [-0.3, -0.25) is 0 Å². The van der Waals surface area contributed by atoms with E-state index in [1.165, 1.54) is 16.9 Å². The van der Waals surface area contributed by atoms with Crippen LogP contribution in [0.3, 0.4) is 0 Å². The molecule has 0 unspecified atom stereocenters. The summed E-state index contributed by atoms with van der Waals surface area (Å²) in [7, 11) is 1.68. The normalized spacial score (nSPS) is 10.5. The van der Waals surface area contributed by atoms with E-state index < -0.39 is 0 Å². The van der Waals surface area contributed by atoms with E-state index in [4.69, 9.17) is 10.5 Å². The molecule has 2 rings (SSSR count). The number of nitrogen functional groups attached to an aromatic ring is 1. The quantitative estimate of drug-likeness (QED) is 0.945. The Kier molecular flexibility index (Phi) is 3.69. The molecular formula is C12H13BrN2OS. The maximum atomic E-state index is 5.67. The molecule has 0 spiro atoms. The van der Waals surface area contributed by atoms with Gasteiger partial charge in [-0.05, 0) is 40.0 Å². The van der Waals surface area contributed by atoms with E-state index in [0.29, 0.717) is 5.13 Å². The molecule has 5 heteroatoms. The summed E-state index contributed by atoms with van der Waals surface area (Å²) in [4.78, 5) is 5.30. The van der Waals surface area contributed by atoms with Gasteiger partial charge in [0, 0.05) is 11.3 Å². The third-order valence-corrected chi connectivity index (χ3v) is 4.29. The number of thiazole rings is 1. The average molecular weight is 313 g/mol. The highest BCUT2D eigenvalue weighted by molar-refractivity contribution is 9.10. The molecular weight excluding hydrogens is 300 g/mol. The van der Waals surface area contributed by atoms with Gasteiger partial charge < -0.3 is 10.5 Å². The standard InChI is InChI=1S/C12H13BrN2OS/c1-7-5-8(3-4-9(7)16-2)6-10-11(13)15-12(14)17-10/h3-5H,6H2,1-2H3,(H2,14,15). The number of aromatic nitrogens is 1. The molecule has 0 aliphatic heterocycles. The fraction of sp³-hybridized carbons (Fsp3) is 0.250. The summed E-state index contributed by atoms with van der Waals surface area (Å²) in [5.41, 5.74) is 8.03. The number of hydrogen-bond acceptors (Lipinski definition) is 4. The molecule has 0 aliphatic carbocycles. The average Bonchev–Trinajstić information content (AvgIpc) is 2.58. The first-order chi connectivity index (χ1) is 8.10. The molecule has 0 bridgehead atoms. The third kappa shape index (κ3) is 2.79. The number of hydrogen-bond donors (Lipinski definition) is 1. The Hall–Kier alpha value is -1.07. The lowest BCUT2D eigenvalue weighted by Crippen LogP contribution is -1.91. The van der Waals surface area contributed by atoms with Gasteiger partial charge in [0.1, 0.15) is 10.4 Å². The van der Waals surface area contributed by atoms with Gasteiger partial charge >= 0.3 is 0 Å². The topological polar surface area (TPSA) is 48.1 Å². The first kappa shape index (κ1) is 12.4. The second-order valence-electron chi connectivity index (χ2n) is 3.75. The van der Waals surface area contributed by atoms with Crippen LogP contribution in [0, 0.1) is 6.92 Å². The number of rotatable bonds is 3. The van der Waals surface area contributed by atoms with Gasteiger partial charge in [0.15, 0.2) is 5.13 Å². The highest BCUT2D eigenvalue weighted by Gasteiger charge is 2.08. The first-order valence-corrected chi connectivity index (χ1v) is 6.75. The smallest absolute Gasteiger partial charge is 0.181 e. The van der Waals surface area contributed by atoms with Crippen LogP contribution in [0.2, 0.25) is 0 Å². The number of aryl methyl sites for hydroxylation is 1. The van der Waals surface area contributed by atoms with Crippen LogP contribution in [0.4, 0.5) is 5.13 Å². The van der Waals surface area contributed by atoms with Crippen molar-refractivity contribution < 1.29 is 4.74 Å². The Labute approximate surface area is 113 Å². The summed E-state index contributed by atoms with van der Waals surface area (Å²) in [6.45, 7) is 2.04. The second-order valence-corrected chi connectivity index (χ2v) is 5.61. The molecule has 0 amide bonds. The summed E-state index contributed by atoms with van der Waals surface area (Å²) in [5.74, 6) is 0.914. The minimum absolute atomic E-state index is 0.595. The van der Waals surface area contributed by atoms with Gasteiger partial charge in [-0.25, -0.2) is 4.98 Å². The van der Waals surface area contributed by atoms with Crippen molar-refractivity contribution in [3.05, 3.63) is 38.8 Å². The number of benzene rings is 1. The van der Waals surface area contributed by atoms with E-state index in [1.807, 2.05) is 13.0 Å². The van der Waals surface area contributed by atoms with E-state index in [1.54, 1.807) is 7.11 Å². The summed E-state index contributed by atoms with van der Waals surface area (Å²) in [5, 5.41) is 0.595. The van der Waals surface area contributed by atoms with Crippen LogP contribution in [0.15, 0.2) is 22.8 Å².